The van der Waals surface area contributed by atoms with Gasteiger partial charge in [0.1, 0.15) is 9.88 Å². The Hall–Kier alpha value is -2.42. The molecule has 0 atom stereocenters. The minimum Gasteiger partial charge on any atom is -0.465 e. The molecule has 0 bridgehead atoms. The lowest BCUT2D eigenvalue weighted by Gasteiger charge is -2.17. The molecule has 2 amide bonds. The molecule has 164 valence electrons. The van der Waals surface area contributed by atoms with E-state index in [0.717, 1.165) is 27.0 Å². The first-order chi connectivity index (χ1) is 14.7. The number of esters is 1. The maximum Gasteiger partial charge on any atom is 0.341 e. The quantitative estimate of drug-likeness (QED) is 0.457. The Morgan fingerprint density at radius 1 is 1.10 bits per heavy atom. The molecule has 0 aliphatic rings. The number of anilines is 1. The molecule has 0 aliphatic carbocycles. The fourth-order valence-corrected chi connectivity index (χ4v) is 5.95. The van der Waals surface area contributed by atoms with E-state index in [-0.39, 0.29) is 16.5 Å². The predicted octanol–water partition coefficient (Wildman–Crippen LogP) is 5.75. The number of methoxy groups -OCH3 is 1. The number of amides is 2. The number of nitrogens with one attached hydrogen (secondary N) is 1. The summed E-state index contributed by atoms with van der Waals surface area (Å²) in [5, 5.41) is 4.22. The van der Waals surface area contributed by atoms with E-state index in [1.165, 1.54) is 18.4 Å². The number of thiophene rings is 2. The van der Waals surface area contributed by atoms with Crippen LogP contribution in [0.25, 0.3) is 10.1 Å². The molecule has 0 aliphatic heterocycles. The molecular formula is C22H23ClN2O4S2. The van der Waals surface area contributed by atoms with Crippen molar-refractivity contribution < 1.29 is 19.1 Å². The van der Waals surface area contributed by atoms with E-state index in [1.54, 1.807) is 11.8 Å². The highest BCUT2D eigenvalue weighted by atomic mass is 35.5. The molecule has 3 aromatic rings. The maximum atomic E-state index is 13.1. The number of benzene rings is 1. The minimum atomic E-state index is -0.610. The van der Waals surface area contributed by atoms with Crippen LogP contribution in [-0.4, -0.2) is 42.9 Å². The van der Waals surface area contributed by atoms with E-state index < -0.39 is 11.9 Å². The van der Waals surface area contributed by atoms with Gasteiger partial charge in [0.15, 0.2) is 0 Å². The fraction of sp³-hybridized carbons (Fsp3) is 0.318. The Morgan fingerprint density at radius 3 is 2.39 bits per heavy atom. The lowest BCUT2D eigenvalue weighted by atomic mass is 10.1. The van der Waals surface area contributed by atoms with Crippen molar-refractivity contribution in [2.24, 2.45) is 0 Å². The molecule has 0 unspecified atom stereocenters. The molecule has 31 heavy (non-hydrogen) atoms. The monoisotopic (exact) mass is 478 g/mol. The van der Waals surface area contributed by atoms with Crippen molar-refractivity contribution in [2.75, 3.05) is 25.5 Å². The van der Waals surface area contributed by atoms with Gasteiger partial charge in [0.25, 0.3) is 11.8 Å². The molecule has 0 spiro atoms. The molecule has 9 heteroatoms. The summed E-state index contributed by atoms with van der Waals surface area (Å²) >= 11 is 8.82. The summed E-state index contributed by atoms with van der Waals surface area (Å²) in [5.74, 6) is -1.23. The number of hydrogen-bond donors (Lipinski definition) is 1. The van der Waals surface area contributed by atoms with Gasteiger partial charge >= 0.3 is 5.97 Å². The van der Waals surface area contributed by atoms with Crippen molar-refractivity contribution >= 4 is 67.1 Å². The second-order valence-electron chi connectivity index (χ2n) is 6.93. The molecule has 0 saturated carbocycles. The number of hydrogen-bond acceptors (Lipinski definition) is 6. The molecule has 3 rings (SSSR count). The van der Waals surface area contributed by atoms with Gasteiger partial charge in [-0.2, -0.15) is 0 Å². The van der Waals surface area contributed by atoms with Crippen LogP contribution in [0.5, 0.6) is 0 Å². The zero-order valence-corrected chi connectivity index (χ0v) is 20.3. The molecule has 0 radical (unpaired) electrons. The summed E-state index contributed by atoms with van der Waals surface area (Å²) in [7, 11) is 1.27. The Bertz CT molecular complexity index is 1180. The van der Waals surface area contributed by atoms with Crippen LogP contribution in [0.4, 0.5) is 5.00 Å². The summed E-state index contributed by atoms with van der Waals surface area (Å²) in [5.41, 5.74) is 1.74. The van der Waals surface area contributed by atoms with Gasteiger partial charge in [0, 0.05) is 23.2 Å². The normalized spacial score (nSPS) is 10.9. The standard InChI is InChI=1S/C22H23ClN2O4S2/c1-6-25(7-2)21(27)17-12(4)15(22(28)29-5)20(31-17)24-19(26)18-16(23)13-9-8-11(3)10-14(13)30-18/h8-10H,6-7H2,1-5H3,(H,24,26). The first-order valence-corrected chi connectivity index (χ1v) is 11.7. The third-order valence-corrected chi connectivity index (χ3v) is 7.85. The molecular weight excluding hydrogens is 456 g/mol. The van der Waals surface area contributed by atoms with Crippen molar-refractivity contribution in [1.82, 2.24) is 4.90 Å². The molecule has 0 fully saturated rings. The molecule has 1 N–H and O–H groups in total. The lowest BCUT2D eigenvalue weighted by molar-refractivity contribution is 0.0601. The van der Waals surface area contributed by atoms with Crippen LogP contribution in [0.1, 0.15) is 54.7 Å². The third kappa shape index (κ3) is 4.33. The minimum absolute atomic E-state index is 0.185. The van der Waals surface area contributed by atoms with Gasteiger partial charge in [0.2, 0.25) is 0 Å². The Labute approximate surface area is 193 Å². The first kappa shape index (κ1) is 23.2. The van der Waals surface area contributed by atoms with Crippen LogP contribution in [0.3, 0.4) is 0 Å². The lowest BCUT2D eigenvalue weighted by Crippen LogP contribution is -2.30. The summed E-state index contributed by atoms with van der Waals surface area (Å²) in [6, 6.07) is 5.79. The molecule has 2 heterocycles. The summed E-state index contributed by atoms with van der Waals surface area (Å²) in [6.45, 7) is 8.51. The van der Waals surface area contributed by atoms with E-state index >= 15 is 0 Å². The Balaban J connectivity index is 2.03. The highest BCUT2D eigenvalue weighted by molar-refractivity contribution is 7.22. The first-order valence-electron chi connectivity index (χ1n) is 9.74. The van der Waals surface area contributed by atoms with Crippen molar-refractivity contribution in [3.8, 4) is 0 Å². The van der Waals surface area contributed by atoms with Gasteiger partial charge in [-0.15, -0.1) is 22.7 Å². The zero-order valence-electron chi connectivity index (χ0n) is 17.9. The summed E-state index contributed by atoms with van der Waals surface area (Å²) in [4.78, 5) is 40.8. The number of carbonyl (C=O) groups excluding carboxylic acids is 3. The average Bonchev–Trinajstić information content (AvgIpc) is 3.24. The van der Waals surface area contributed by atoms with Crippen LogP contribution in [0.15, 0.2) is 18.2 Å². The number of aryl methyl sites for hydroxylation is 1. The number of carbonyl (C=O) groups is 3. The highest BCUT2D eigenvalue weighted by Crippen LogP contribution is 2.38. The molecule has 2 aromatic heterocycles. The summed E-state index contributed by atoms with van der Waals surface area (Å²) in [6.07, 6.45) is 0. The van der Waals surface area contributed by atoms with Crippen molar-refractivity contribution in [2.45, 2.75) is 27.7 Å². The Kier molecular flexibility index (Phi) is 7.03. The van der Waals surface area contributed by atoms with Crippen molar-refractivity contribution in [1.29, 1.82) is 0 Å². The topological polar surface area (TPSA) is 75.7 Å². The molecule has 0 saturated heterocycles. The highest BCUT2D eigenvalue weighted by Gasteiger charge is 2.29. The van der Waals surface area contributed by atoms with Gasteiger partial charge in [-0.05, 0) is 44.9 Å². The average molecular weight is 479 g/mol. The number of halogens is 1. The van der Waals surface area contributed by atoms with Crippen LogP contribution >= 0.6 is 34.3 Å². The molecule has 1 aromatic carbocycles. The second-order valence-corrected chi connectivity index (χ2v) is 9.38. The number of nitrogens with zero attached hydrogens (tertiary/aromatic N) is 1. The SMILES string of the molecule is CCN(CC)C(=O)c1sc(NC(=O)c2sc3cc(C)ccc3c2Cl)c(C(=O)OC)c1C. The third-order valence-electron chi connectivity index (χ3n) is 5.00. The van der Waals surface area contributed by atoms with Gasteiger partial charge in [-0.3, -0.25) is 9.59 Å². The van der Waals surface area contributed by atoms with Crippen LogP contribution in [0.2, 0.25) is 5.02 Å². The van der Waals surface area contributed by atoms with E-state index in [2.05, 4.69) is 5.32 Å². The zero-order chi connectivity index (χ0) is 22.9. The van der Waals surface area contributed by atoms with Crippen molar-refractivity contribution in [3.05, 3.63) is 49.7 Å². The van der Waals surface area contributed by atoms with Gasteiger partial charge in [-0.1, -0.05) is 23.7 Å². The smallest absolute Gasteiger partial charge is 0.341 e. The van der Waals surface area contributed by atoms with Crippen LogP contribution < -0.4 is 5.32 Å². The number of fused-ring (bicyclic) bond motifs is 1. The van der Waals surface area contributed by atoms with Crippen LogP contribution in [0, 0.1) is 13.8 Å². The van der Waals surface area contributed by atoms with E-state index in [4.69, 9.17) is 16.3 Å². The predicted molar refractivity (Wildman–Crippen MR) is 127 cm³/mol. The number of rotatable bonds is 6. The summed E-state index contributed by atoms with van der Waals surface area (Å²) < 4.78 is 5.81. The largest absolute Gasteiger partial charge is 0.465 e. The van der Waals surface area contributed by atoms with E-state index in [0.29, 0.717) is 33.4 Å². The van der Waals surface area contributed by atoms with Gasteiger partial charge in [0.05, 0.1) is 22.6 Å². The van der Waals surface area contributed by atoms with Gasteiger partial charge in [-0.25, -0.2) is 4.79 Å². The second kappa shape index (κ2) is 9.38. The Morgan fingerprint density at radius 2 is 1.77 bits per heavy atom. The number of ether oxygens (including phenoxy) is 1. The molecule has 6 nitrogen and oxygen atoms in total. The fourth-order valence-electron chi connectivity index (χ4n) is 3.29. The maximum absolute atomic E-state index is 13.1. The van der Waals surface area contributed by atoms with Crippen LogP contribution in [-0.2, 0) is 4.74 Å². The van der Waals surface area contributed by atoms with E-state index in [1.807, 2.05) is 39.0 Å². The van der Waals surface area contributed by atoms with Crippen molar-refractivity contribution in [3.63, 3.8) is 0 Å². The van der Waals surface area contributed by atoms with E-state index in [9.17, 15) is 14.4 Å². The van der Waals surface area contributed by atoms with Gasteiger partial charge < -0.3 is 15.0 Å².